The first kappa shape index (κ1) is 17.8. The average Bonchev–Trinajstić information content (AvgIpc) is 2.59. The van der Waals surface area contributed by atoms with E-state index in [1.807, 2.05) is 30.5 Å². The zero-order valence-corrected chi connectivity index (χ0v) is 15.9. The van der Waals surface area contributed by atoms with E-state index in [-0.39, 0.29) is 20.1 Å². The first-order valence-corrected chi connectivity index (χ1v) is 8.18. The summed E-state index contributed by atoms with van der Waals surface area (Å²) in [5.74, 6) is 0. The van der Waals surface area contributed by atoms with Crippen molar-refractivity contribution in [3.05, 3.63) is 60.3 Å². The third-order valence-corrected chi connectivity index (χ3v) is 4.02. The van der Waals surface area contributed by atoms with Crippen molar-refractivity contribution >= 4 is 11.0 Å². The van der Waals surface area contributed by atoms with Gasteiger partial charge in [-0.15, -0.1) is 0 Å². The molecule has 0 saturated carbocycles. The zero-order valence-electron chi connectivity index (χ0n) is 13.5. The minimum atomic E-state index is 0. The van der Waals surface area contributed by atoms with E-state index in [0.717, 1.165) is 22.3 Å². The molecule has 0 radical (unpaired) electrons. The number of hydrogen-bond acceptors (Lipinski definition) is 2. The van der Waals surface area contributed by atoms with Gasteiger partial charge in [-0.1, -0.05) is 62.6 Å². The Hall–Kier alpha value is -1.57. The Labute approximate surface area is 151 Å². The molecule has 0 saturated heterocycles. The molecule has 2 aromatic carbocycles. The van der Waals surface area contributed by atoms with Crippen molar-refractivity contribution in [3.63, 3.8) is 0 Å². The summed E-state index contributed by atoms with van der Waals surface area (Å²) < 4.78 is 0. The van der Waals surface area contributed by atoms with Crippen LogP contribution in [0.3, 0.4) is 0 Å². The molecule has 2 nitrogen and oxygen atoms in total. The van der Waals surface area contributed by atoms with Crippen LogP contribution in [0.15, 0.2) is 54.7 Å². The molecule has 3 aromatic rings. The SMILES string of the molecule is CCCCCCc1ccc(-c2cnc3ccccc3n2)cc1.[Ir+3]. The molecule has 0 aliphatic heterocycles. The van der Waals surface area contributed by atoms with Gasteiger partial charge in [0.25, 0.3) is 0 Å². The van der Waals surface area contributed by atoms with E-state index in [9.17, 15) is 0 Å². The van der Waals surface area contributed by atoms with Crippen LogP contribution in [0.2, 0.25) is 0 Å². The molecule has 0 amide bonds. The normalized spacial score (nSPS) is 10.5. The molecule has 0 aliphatic carbocycles. The maximum atomic E-state index is 4.70. The number of unbranched alkanes of at least 4 members (excludes halogenated alkanes) is 3. The third-order valence-electron chi connectivity index (χ3n) is 4.02. The third kappa shape index (κ3) is 4.70. The van der Waals surface area contributed by atoms with Gasteiger partial charge in [-0.05, 0) is 30.5 Å². The van der Waals surface area contributed by atoms with Gasteiger partial charge in [-0.3, -0.25) is 4.98 Å². The van der Waals surface area contributed by atoms with Crippen LogP contribution in [0.25, 0.3) is 22.3 Å². The Morgan fingerprint density at radius 1 is 0.826 bits per heavy atom. The first-order chi connectivity index (χ1) is 10.9. The minimum absolute atomic E-state index is 0. The number of hydrogen-bond donors (Lipinski definition) is 0. The van der Waals surface area contributed by atoms with Gasteiger partial charge >= 0.3 is 20.1 Å². The van der Waals surface area contributed by atoms with Crippen LogP contribution < -0.4 is 0 Å². The van der Waals surface area contributed by atoms with E-state index >= 15 is 0 Å². The number of benzene rings is 2. The molecule has 1 aromatic heterocycles. The number of aryl methyl sites for hydroxylation is 1. The maximum Gasteiger partial charge on any atom is 3.00 e. The number of fused-ring (bicyclic) bond motifs is 1. The van der Waals surface area contributed by atoms with Crippen LogP contribution >= 0.6 is 0 Å². The molecule has 3 heteroatoms. The smallest absolute Gasteiger partial charge is 0.252 e. The fraction of sp³-hybridized carbons (Fsp3) is 0.300. The fourth-order valence-electron chi connectivity index (χ4n) is 2.69. The van der Waals surface area contributed by atoms with Gasteiger partial charge < -0.3 is 0 Å². The molecular weight excluding hydrogens is 460 g/mol. The zero-order chi connectivity index (χ0) is 15.2. The van der Waals surface area contributed by atoms with Crippen LogP contribution in [0.4, 0.5) is 0 Å². The quantitative estimate of drug-likeness (QED) is 0.439. The minimum Gasteiger partial charge on any atom is -0.252 e. The summed E-state index contributed by atoms with van der Waals surface area (Å²) in [4.78, 5) is 9.19. The van der Waals surface area contributed by atoms with Gasteiger partial charge in [-0.2, -0.15) is 0 Å². The second-order valence-electron chi connectivity index (χ2n) is 5.75. The van der Waals surface area contributed by atoms with Gasteiger partial charge in [-0.25, -0.2) is 4.98 Å². The van der Waals surface area contributed by atoms with Crippen molar-refractivity contribution in [1.82, 2.24) is 9.97 Å². The van der Waals surface area contributed by atoms with Crippen molar-refractivity contribution in [2.45, 2.75) is 39.0 Å². The monoisotopic (exact) mass is 483 g/mol. The number of nitrogens with zero attached hydrogens (tertiary/aromatic N) is 2. The molecule has 0 N–H and O–H groups in total. The molecule has 0 bridgehead atoms. The van der Waals surface area contributed by atoms with Gasteiger partial charge in [0.05, 0.1) is 22.9 Å². The average molecular weight is 483 g/mol. The van der Waals surface area contributed by atoms with E-state index in [1.165, 1.54) is 37.7 Å². The van der Waals surface area contributed by atoms with Gasteiger partial charge in [0.1, 0.15) is 0 Å². The van der Waals surface area contributed by atoms with Crippen molar-refractivity contribution in [2.75, 3.05) is 0 Å². The molecule has 0 aliphatic rings. The number of rotatable bonds is 6. The predicted molar refractivity (Wildman–Crippen MR) is 92.8 cm³/mol. The Morgan fingerprint density at radius 2 is 1.57 bits per heavy atom. The van der Waals surface area contributed by atoms with E-state index in [0.29, 0.717) is 0 Å². The topological polar surface area (TPSA) is 25.8 Å². The van der Waals surface area contributed by atoms with Crippen molar-refractivity contribution in [1.29, 1.82) is 0 Å². The Morgan fingerprint density at radius 3 is 2.30 bits per heavy atom. The molecule has 0 atom stereocenters. The fourth-order valence-corrected chi connectivity index (χ4v) is 2.69. The van der Waals surface area contributed by atoms with Crippen LogP contribution in [0.1, 0.15) is 38.2 Å². The standard InChI is InChI=1S/C20H22N2.Ir/c1-2-3-4-5-8-16-11-13-17(14-12-16)20-15-21-18-9-6-7-10-19(18)22-20;/h6-7,9-15H,2-5,8H2,1H3;/q;+3. The molecule has 118 valence electrons. The molecule has 3 rings (SSSR count). The number of aromatic nitrogens is 2. The Balaban J connectivity index is 0.00000192. The van der Waals surface area contributed by atoms with Crippen LogP contribution in [0, 0.1) is 0 Å². The molecule has 0 spiro atoms. The van der Waals surface area contributed by atoms with Crippen molar-refractivity contribution < 1.29 is 20.1 Å². The van der Waals surface area contributed by atoms with E-state index in [1.54, 1.807) is 0 Å². The molecule has 0 unspecified atom stereocenters. The van der Waals surface area contributed by atoms with Gasteiger partial charge in [0.2, 0.25) is 0 Å². The van der Waals surface area contributed by atoms with Crippen molar-refractivity contribution in [2.24, 2.45) is 0 Å². The molecule has 1 heterocycles. The van der Waals surface area contributed by atoms with Gasteiger partial charge in [0, 0.05) is 5.56 Å². The summed E-state index contributed by atoms with van der Waals surface area (Å²) in [5.41, 5.74) is 5.38. The maximum absolute atomic E-state index is 4.70. The Kier molecular flexibility index (Phi) is 6.88. The summed E-state index contributed by atoms with van der Waals surface area (Å²) in [6.07, 6.45) is 8.27. The van der Waals surface area contributed by atoms with E-state index in [4.69, 9.17) is 4.98 Å². The van der Waals surface area contributed by atoms with E-state index < -0.39 is 0 Å². The van der Waals surface area contributed by atoms with Crippen molar-refractivity contribution in [3.8, 4) is 11.3 Å². The second kappa shape index (κ2) is 8.90. The van der Waals surface area contributed by atoms with Gasteiger partial charge in [0.15, 0.2) is 0 Å². The Bertz CT molecular complexity index is 738. The summed E-state index contributed by atoms with van der Waals surface area (Å²) in [7, 11) is 0. The largest absolute Gasteiger partial charge is 3.00 e. The molecular formula is C20H22IrN2+3. The molecule has 0 fully saturated rings. The number of para-hydroxylation sites is 2. The van der Waals surface area contributed by atoms with Crippen LogP contribution in [-0.4, -0.2) is 9.97 Å². The predicted octanol–water partition coefficient (Wildman–Crippen LogP) is 5.42. The van der Waals surface area contributed by atoms with E-state index in [2.05, 4.69) is 36.2 Å². The summed E-state index contributed by atoms with van der Waals surface area (Å²) in [6, 6.07) is 16.8. The first-order valence-electron chi connectivity index (χ1n) is 8.18. The summed E-state index contributed by atoms with van der Waals surface area (Å²) in [5, 5.41) is 0. The summed E-state index contributed by atoms with van der Waals surface area (Å²) in [6.45, 7) is 2.25. The summed E-state index contributed by atoms with van der Waals surface area (Å²) >= 11 is 0. The molecule has 23 heavy (non-hydrogen) atoms. The van der Waals surface area contributed by atoms with Crippen LogP contribution in [-0.2, 0) is 26.5 Å². The van der Waals surface area contributed by atoms with Crippen LogP contribution in [0.5, 0.6) is 0 Å². The second-order valence-corrected chi connectivity index (χ2v) is 5.75.